The molecule has 3 atom stereocenters. The number of aldehydes is 2. The first-order valence-corrected chi connectivity index (χ1v) is 4.88. The molecule has 0 amide bonds. The third-order valence-electron chi connectivity index (χ3n) is 2.02. The lowest BCUT2D eigenvalue weighted by Crippen LogP contribution is -2.37. The van der Waals surface area contributed by atoms with Crippen molar-refractivity contribution in [1.82, 2.24) is 0 Å². The van der Waals surface area contributed by atoms with Crippen LogP contribution in [0.3, 0.4) is 0 Å². The Bertz CT molecular complexity index is 196. The summed E-state index contributed by atoms with van der Waals surface area (Å²) in [5, 5.41) is 9.07. The minimum Gasteiger partial charge on any atom is -0.394 e. The van der Waals surface area contributed by atoms with Crippen LogP contribution in [0.5, 0.6) is 0 Å². The van der Waals surface area contributed by atoms with Gasteiger partial charge in [0, 0.05) is 14.2 Å². The first-order valence-electron chi connectivity index (χ1n) is 4.88. The summed E-state index contributed by atoms with van der Waals surface area (Å²) in [7, 11) is 2.87. The van der Waals surface area contributed by atoms with Crippen LogP contribution in [0, 0.1) is 5.92 Å². The molecule has 0 aliphatic rings. The Morgan fingerprint density at radius 3 is 2.12 bits per heavy atom. The Morgan fingerprint density at radius 1 is 1.12 bits per heavy atom. The summed E-state index contributed by atoms with van der Waals surface area (Å²) in [6.45, 7) is -0.146. The van der Waals surface area contributed by atoms with E-state index >= 15 is 0 Å². The third-order valence-corrected chi connectivity index (χ3v) is 2.02. The summed E-state index contributed by atoms with van der Waals surface area (Å²) in [5.41, 5.74) is 0. The van der Waals surface area contributed by atoms with Gasteiger partial charge in [0.15, 0.2) is 6.29 Å². The maximum absolute atomic E-state index is 10.7. The topological polar surface area (TPSA) is 82.1 Å². The summed E-state index contributed by atoms with van der Waals surface area (Å²) >= 11 is 0. The molecule has 16 heavy (non-hydrogen) atoms. The number of aliphatic hydroxyl groups excluding tert-OH is 1. The maximum Gasteiger partial charge on any atom is 0.151 e. The number of methoxy groups -OCH3 is 2. The van der Waals surface area contributed by atoms with E-state index in [9.17, 15) is 9.59 Å². The van der Waals surface area contributed by atoms with Crippen LogP contribution in [0.2, 0.25) is 0 Å². The van der Waals surface area contributed by atoms with Gasteiger partial charge in [-0.1, -0.05) is 0 Å². The average Bonchev–Trinajstić information content (AvgIpc) is 2.32. The van der Waals surface area contributed by atoms with Gasteiger partial charge >= 0.3 is 0 Å². The molecule has 0 saturated heterocycles. The van der Waals surface area contributed by atoms with E-state index in [1.807, 2.05) is 0 Å². The molecule has 1 N–H and O–H groups in total. The standard InChI is InChI=1S/C10H18O6/c1-14-6-8(3-11)10(5-13)16-9(4-12)7-15-2/h3-4,8-10,13H,5-7H2,1-2H3. The molecule has 0 saturated carbocycles. The molecule has 6 nitrogen and oxygen atoms in total. The minimum absolute atomic E-state index is 0.0819. The van der Waals surface area contributed by atoms with E-state index in [4.69, 9.17) is 19.3 Å². The highest BCUT2D eigenvalue weighted by Crippen LogP contribution is 2.08. The molecule has 6 heteroatoms. The second-order valence-corrected chi connectivity index (χ2v) is 3.24. The molecular weight excluding hydrogens is 216 g/mol. The van der Waals surface area contributed by atoms with Crippen LogP contribution in [-0.2, 0) is 23.8 Å². The Labute approximate surface area is 94.5 Å². The van der Waals surface area contributed by atoms with E-state index in [2.05, 4.69) is 0 Å². The lowest BCUT2D eigenvalue weighted by Gasteiger charge is -2.23. The van der Waals surface area contributed by atoms with Gasteiger partial charge < -0.3 is 28.9 Å². The summed E-state index contributed by atoms with van der Waals surface area (Å²) in [6.07, 6.45) is -0.343. The van der Waals surface area contributed by atoms with E-state index in [0.717, 1.165) is 0 Å². The maximum atomic E-state index is 10.7. The van der Waals surface area contributed by atoms with Crippen molar-refractivity contribution in [2.75, 3.05) is 34.0 Å². The number of carbonyl (C=O) groups is 2. The lowest BCUT2D eigenvalue weighted by atomic mass is 10.1. The van der Waals surface area contributed by atoms with Gasteiger partial charge in [0.2, 0.25) is 0 Å². The van der Waals surface area contributed by atoms with Gasteiger partial charge in [0.05, 0.1) is 31.8 Å². The minimum atomic E-state index is -0.790. The number of hydrogen-bond acceptors (Lipinski definition) is 6. The fourth-order valence-corrected chi connectivity index (χ4v) is 1.21. The van der Waals surface area contributed by atoms with Gasteiger partial charge in [-0.3, -0.25) is 0 Å². The zero-order valence-electron chi connectivity index (χ0n) is 9.50. The molecule has 0 aromatic carbocycles. The number of ether oxygens (including phenoxy) is 3. The average molecular weight is 234 g/mol. The van der Waals surface area contributed by atoms with Crippen LogP contribution in [0.15, 0.2) is 0 Å². The number of rotatable bonds is 10. The Kier molecular flexibility index (Phi) is 8.93. The molecule has 0 spiro atoms. The first-order chi connectivity index (χ1) is 7.73. The third kappa shape index (κ3) is 5.32. The second-order valence-electron chi connectivity index (χ2n) is 3.24. The van der Waals surface area contributed by atoms with E-state index in [1.54, 1.807) is 0 Å². The number of aliphatic hydroxyl groups is 1. The highest BCUT2D eigenvalue weighted by Gasteiger charge is 2.24. The first kappa shape index (κ1) is 15.2. The Balaban J connectivity index is 4.33. The van der Waals surface area contributed by atoms with Gasteiger partial charge in [-0.15, -0.1) is 0 Å². The Morgan fingerprint density at radius 2 is 1.75 bits per heavy atom. The van der Waals surface area contributed by atoms with Crippen LogP contribution in [0.4, 0.5) is 0 Å². The van der Waals surface area contributed by atoms with E-state index in [0.29, 0.717) is 12.6 Å². The highest BCUT2D eigenvalue weighted by atomic mass is 16.5. The molecule has 0 aromatic heterocycles. The quantitative estimate of drug-likeness (QED) is 0.490. The van der Waals surface area contributed by atoms with Gasteiger partial charge in [-0.05, 0) is 0 Å². The zero-order chi connectivity index (χ0) is 12.4. The lowest BCUT2D eigenvalue weighted by molar-refractivity contribution is -0.140. The van der Waals surface area contributed by atoms with Gasteiger partial charge in [-0.2, -0.15) is 0 Å². The second kappa shape index (κ2) is 9.41. The van der Waals surface area contributed by atoms with Crippen molar-refractivity contribution in [3.05, 3.63) is 0 Å². The fraction of sp³-hybridized carbons (Fsp3) is 0.800. The molecule has 0 fully saturated rings. The van der Waals surface area contributed by atoms with Crippen molar-refractivity contribution >= 4 is 12.6 Å². The van der Waals surface area contributed by atoms with Gasteiger partial charge in [0.1, 0.15) is 12.4 Å². The fourth-order valence-electron chi connectivity index (χ4n) is 1.21. The summed E-state index contributed by atoms with van der Waals surface area (Å²) < 4.78 is 14.8. The normalized spacial score (nSPS) is 16.4. The molecule has 0 aliphatic carbocycles. The van der Waals surface area contributed by atoms with Crippen LogP contribution in [0.25, 0.3) is 0 Å². The molecule has 0 aliphatic heterocycles. The monoisotopic (exact) mass is 234 g/mol. The van der Waals surface area contributed by atoms with Crippen LogP contribution in [0.1, 0.15) is 0 Å². The van der Waals surface area contributed by atoms with Gasteiger partial charge in [-0.25, -0.2) is 0 Å². The highest BCUT2D eigenvalue weighted by molar-refractivity contribution is 5.57. The predicted octanol–water partition coefficient (Wildman–Crippen LogP) is -0.961. The smallest absolute Gasteiger partial charge is 0.151 e. The van der Waals surface area contributed by atoms with Crippen molar-refractivity contribution in [2.24, 2.45) is 5.92 Å². The SMILES string of the molecule is COCC(C=O)OC(CO)C(C=O)COC. The molecule has 0 heterocycles. The van der Waals surface area contributed by atoms with Crippen molar-refractivity contribution in [3.63, 3.8) is 0 Å². The molecule has 0 aromatic rings. The molecule has 3 unspecified atom stereocenters. The summed E-state index contributed by atoms with van der Waals surface area (Å²) in [6, 6.07) is 0. The molecule has 0 rings (SSSR count). The molecule has 0 bridgehead atoms. The number of hydrogen-bond donors (Lipinski definition) is 1. The summed E-state index contributed by atoms with van der Waals surface area (Å²) in [5.74, 6) is -0.602. The van der Waals surface area contributed by atoms with Crippen LogP contribution < -0.4 is 0 Å². The van der Waals surface area contributed by atoms with E-state index in [1.165, 1.54) is 14.2 Å². The molecule has 0 radical (unpaired) electrons. The predicted molar refractivity (Wildman–Crippen MR) is 55.1 cm³/mol. The molecule has 94 valence electrons. The zero-order valence-corrected chi connectivity index (χ0v) is 9.50. The summed E-state index contributed by atoms with van der Waals surface area (Å²) in [4.78, 5) is 21.3. The van der Waals surface area contributed by atoms with Crippen LogP contribution in [-0.4, -0.2) is 63.9 Å². The van der Waals surface area contributed by atoms with Crippen molar-refractivity contribution in [3.8, 4) is 0 Å². The van der Waals surface area contributed by atoms with Crippen molar-refractivity contribution in [2.45, 2.75) is 12.2 Å². The number of carbonyl (C=O) groups excluding carboxylic acids is 2. The Hall–Kier alpha value is -0.820. The van der Waals surface area contributed by atoms with Crippen molar-refractivity contribution in [1.29, 1.82) is 0 Å². The molecular formula is C10H18O6. The van der Waals surface area contributed by atoms with E-state index < -0.39 is 18.1 Å². The van der Waals surface area contributed by atoms with Gasteiger partial charge in [0.25, 0.3) is 0 Å². The van der Waals surface area contributed by atoms with Crippen molar-refractivity contribution < 1.29 is 28.9 Å². The largest absolute Gasteiger partial charge is 0.394 e. The van der Waals surface area contributed by atoms with E-state index in [-0.39, 0.29) is 19.8 Å². The van der Waals surface area contributed by atoms with Crippen LogP contribution >= 0.6 is 0 Å².